The van der Waals surface area contributed by atoms with Gasteiger partial charge < -0.3 is 9.84 Å². The second kappa shape index (κ2) is 7.59. The predicted molar refractivity (Wildman–Crippen MR) is 97.3 cm³/mol. The van der Waals surface area contributed by atoms with E-state index >= 15 is 0 Å². The molecule has 142 valence electrons. The van der Waals surface area contributed by atoms with Crippen LogP contribution in [-0.2, 0) is 17.8 Å². The standard InChI is InChI=1S/C20H17FN4O3/c21-15-9-7-14(8-10-15)18-23-17(28-24-18)12-25-19(26)16(22-20(25)27)11-6-13-4-2-1-3-5-13/h1-5,7-10,16H,6,11-12H2,(H,22,27)/t16-/m1/s1. The molecule has 3 amide bonds. The number of aromatic nitrogens is 2. The molecule has 2 aromatic carbocycles. The lowest BCUT2D eigenvalue weighted by atomic mass is 10.1. The van der Waals surface area contributed by atoms with Crippen LogP contribution in [0.3, 0.4) is 0 Å². The molecule has 0 aliphatic carbocycles. The molecule has 3 aromatic rings. The third kappa shape index (κ3) is 3.75. The zero-order valence-electron chi connectivity index (χ0n) is 14.8. The molecule has 1 fully saturated rings. The number of rotatable bonds is 6. The average Bonchev–Trinajstić information content (AvgIpc) is 3.28. The molecule has 0 saturated carbocycles. The lowest BCUT2D eigenvalue weighted by Crippen LogP contribution is -2.31. The van der Waals surface area contributed by atoms with E-state index in [-0.39, 0.29) is 30.0 Å². The average molecular weight is 380 g/mol. The van der Waals surface area contributed by atoms with Crippen LogP contribution in [0.25, 0.3) is 11.4 Å². The van der Waals surface area contributed by atoms with Gasteiger partial charge >= 0.3 is 6.03 Å². The lowest BCUT2D eigenvalue weighted by molar-refractivity contribution is -0.128. The van der Waals surface area contributed by atoms with Gasteiger partial charge in [0.05, 0.1) is 0 Å². The molecule has 8 heteroatoms. The monoisotopic (exact) mass is 380 g/mol. The summed E-state index contributed by atoms with van der Waals surface area (Å²) in [5.74, 6) is -0.287. The van der Waals surface area contributed by atoms with Crippen LogP contribution in [-0.4, -0.2) is 33.0 Å². The van der Waals surface area contributed by atoms with E-state index in [9.17, 15) is 14.0 Å². The van der Waals surface area contributed by atoms with E-state index in [4.69, 9.17) is 4.52 Å². The molecule has 4 rings (SSSR count). The van der Waals surface area contributed by atoms with Crippen molar-refractivity contribution in [3.63, 3.8) is 0 Å². The molecule has 1 saturated heterocycles. The Morgan fingerprint density at radius 2 is 1.82 bits per heavy atom. The lowest BCUT2D eigenvalue weighted by Gasteiger charge is -2.10. The van der Waals surface area contributed by atoms with Gasteiger partial charge in [-0.15, -0.1) is 0 Å². The second-order valence-corrected chi connectivity index (χ2v) is 6.47. The van der Waals surface area contributed by atoms with Crippen molar-refractivity contribution in [1.82, 2.24) is 20.4 Å². The van der Waals surface area contributed by atoms with E-state index in [0.717, 1.165) is 10.5 Å². The molecule has 2 heterocycles. The van der Waals surface area contributed by atoms with Gasteiger partial charge in [-0.1, -0.05) is 35.5 Å². The fraction of sp³-hybridized carbons (Fsp3) is 0.200. The summed E-state index contributed by atoms with van der Waals surface area (Å²) in [5.41, 5.74) is 1.68. The fourth-order valence-corrected chi connectivity index (χ4v) is 3.05. The smallest absolute Gasteiger partial charge is 0.325 e. The first-order valence-electron chi connectivity index (χ1n) is 8.84. The van der Waals surface area contributed by atoms with Gasteiger partial charge in [0.1, 0.15) is 18.4 Å². The maximum atomic E-state index is 13.0. The van der Waals surface area contributed by atoms with Gasteiger partial charge in [0.25, 0.3) is 5.91 Å². The maximum Gasteiger partial charge on any atom is 0.325 e. The topological polar surface area (TPSA) is 88.3 Å². The summed E-state index contributed by atoms with van der Waals surface area (Å²) in [5, 5.41) is 6.52. The molecule has 0 spiro atoms. The van der Waals surface area contributed by atoms with Gasteiger partial charge in [-0.2, -0.15) is 4.98 Å². The van der Waals surface area contributed by atoms with Gasteiger partial charge in [-0.05, 0) is 42.7 Å². The van der Waals surface area contributed by atoms with Gasteiger partial charge in [0.15, 0.2) is 0 Å². The zero-order chi connectivity index (χ0) is 19.5. The SMILES string of the molecule is O=C1N[C@H](CCc2ccccc2)C(=O)N1Cc1nc(-c2ccc(F)cc2)no1. The molecular formula is C20H17FN4O3. The highest BCUT2D eigenvalue weighted by Crippen LogP contribution is 2.19. The van der Waals surface area contributed by atoms with Crippen LogP contribution in [0, 0.1) is 5.82 Å². The fourth-order valence-electron chi connectivity index (χ4n) is 3.05. The maximum absolute atomic E-state index is 13.0. The Balaban J connectivity index is 1.40. The Hall–Kier alpha value is -3.55. The van der Waals surface area contributed by atoms with E-state index in [0.29, 0.717) is 18.4 Å². The number of urea groups is 1. The van der Waals surface area contributed by atoms with Crippen LogP contribution in [0.15, 0.2) is 59.1 Å². The van der Waals surface area contributed by atoms with Crippen LogP contribution >= 0.6 is 0 Å². The molecule has 1 atom stereocenters. The molecule has 1 aromatic heterocycles. The number of hydrogen-bond acceptors (Lipinski definition) is 5. The molecule has 1 aliphatic heterocycles. The minimum absolute atomic E-state index is 0.110. The van der Waals surface area contributed by atoms with Crippen molar-refractivity contribution in [3.8, 4) is 11.4 Å². The van der Waals surface area contributed by atoms with Crippen molar-refractivity contribution < 1.29 is 18.5 Å². The van der Waals surface area contributed by atoms with Crippen LogP contribution in [0.4, 0.5) is 9.18 Å². The third-order valence-electron chi connectivity index (χ3n) is 4.54. The normalized spacial score (nSPS) is 16.5. The Bertz CT molecular complexity index is 988. The number of benzene rings is 2. The zero-order valence-corrected chi connectivity index (χ0v) is 14.8. The minimum Gasteiger partial charge on any atom is -0.337 e. The largest absolute Gasteiger partial charge is 0.337 e. The Kier molecular flexibility index (Phi) is 4.84. The van der Waals surface area contributed by atoms with Crippen LogP contribution in [0.5, 0.6) is 0 Å². The van der Waals surface area contributed by atoms with E-state index in [1.165, 1.54) is 24.3 Å². The van der Waals surface area contributed by atoms with E-state index in [1.54, 1.807) is 0 Å². The van der Waals surface area contributed by atoms with Gasteiger partial charge in [0, 0.05) is 5.56 Å². The first kappa shape index (κ1) is 17.8. The molecule has 0 bridgehead atoms. The first-order valence-corrected chi connectivity index (χ1v) is 8.84. The first-order chi connectivity index (χ1) is 13.6. The molecule has 0 radical (unpaired) electrons. The van der Waals surface area contributed by atoms with Crippen molar-refractivity contribution in [2.45, 2.75) is 25.4 Å². The molecule has 1 aliphatic rings. The van der Waals surface area contributed by atoms with Crippen molar-refractivity contribution in [2.24, 2.45) is 0 Å². The molecule has 1 N–H and O–H groups in total. The summed E-state index contributed by atoms with van der Waals surface area (Å²) in [4.78, 5) is 30.0. The summed E-state index contributed by atoms with van der Waals surface area (Å²) in [6.07, 6.45) is 1.19. The number of carbonyl (C=O) groups is 2. The van der Waals surface area contributed by atoms with Crippen molar-refractivity contribution in [3.05, 3.63) is 71.9 Å². The highest BCUT2D eigenvalue weighted by molar-refractivity contribution is 6.04. The number of nitrogens with one attached hydrogen (secondary N) is 1. The van der Waals surface area contributed by atoms with Gasteiger partial charge in [0.2, 0.25) is 11.7 Å². The third-order valence-corrected chi connectivity index (χ3v) is 4.54. The Labute approximate surface area is 160 Å². The highest BCUT2D eigenvalue weighted by atomic mass is 19.1. The van der Waals surface area contributed by atoms with Crippen LogP contribution in [0.1, 0.15) is 17.9 Å². The van der Waals surface area contributed by atoms with Crippen LogP contribution < -0.4 is 5.32 Å². The summed E-state index contributed by atoms with van der Waals surface area (Å²) < 4.78 is 18.2. The van der Waals surface area contributed by atoms with Crippen LogP contribution in [0.2, 0.25) is 0 Å². The summed E-state index contributed by atoms with van der Waals surface area (Å²) >= 11 is 0. The summed E-state index contributed by atoms with van der Waals surface area (Å²) in [6.45, 7) is -0.110. The number of carbonyl (C=O) groups excluding carboxylic acids is 2. The van der Waals surface area contributed by atoms with Crippen molar-refractivity contribution in [2.75, 3.05) is 0 Å². The minimum atomic E-state index is -0.577. The second-order valence-electron chi connectivity index (χ2n) is 6.47. The number of nitrogens with zero attached hydrogens (tertiary/aromatic N) is 3. The summed E-state index contributed by atoms with van der Waals surface area (Å²) in [7, 11) is 0. The number of aryl methyl sites for hydroxylation is 1. The molecule has 7 nitrogen and oxygen atoms in total. The highest BCUT2D eigenvalue weighted by Gasteiger charge is 2.38. The van der Waals surface area contributed by atoms with Crippen molar-refractivity contribution in [1.29, 1.82) is 0 Å². The number of amides is 3. The van der Waals surface area contributed by atoms with E-state index in [2.05, 4.69) is 15.5 Å². The quantitative estimate of drug-likeness (QED) is 0.664. The van der Waals surface area contributed by atoms with Gasteiger partial charge in [-0.3, -0.25) is 9.69 Å². The van der Waals surface area contributed by atoms with E-state index in [1.807, 2.05) is 30.3 Å². The Morgan fingerprint density at radius 3 is 2.57 bits per heavy atom. The van der Waals surface area contributed by atoms with E-state index < -0.39 is 12.1 Å². The molecule has 28 heavy (non-hydrogen) atoms. The van der Waals surface area contributed by atoms with Crippen molar-refractivity contribution >= 4 is 11.9 Å². The number of imide groups is 1. The number of hydrogen-bond donors (Lipinski definition) is 1. The van der Waals surface area contributed by atoms with Gasteiger partial charge in [-0.25, -0.2) is 9.18 Å². The summed E-state index contributed by atoms with van der Waals surface area (Å²) in [6, 6.07) is 14.3. The molecular weight excluding hydrogens is 363 g/mol. The number of halogens is 1. The molecule has 0 unspecified atom stereocenters. The Morgan fingerprint density at radius 1 is 1.07 bits per heavy atom. The predicted octanol–water partition coefficient (Wildman–Crippen LogP) is 2.93.